The van der Waals surface area contributed by atoms with E-state index in [4.69, 9.17) is 0 Å². The highest BCUT2D eigenvalue weighted by molar-refractivity contribution is 7.92. The second-order valence-corrected chi connectivity index (χ2v) is 8.39. The van der Waals surface area contributed by atoms with Gasteiger partial charge in [0.25, 0.3) is 5.69 Å². The third-order valence-corrected chi connectivity index (χ3v) is 5.45. The van der Waals surface area contributed by atoms with Gasteiger partial charge in [-0.25, -0.2) is 8.42 Å². The van der Waals surface area contributed by atoms with Gasteiger partial charge in [-0.05, 0) is 37.6 Å². The van der Waals surface area contributed by atoms with Crippen molar-refractivity contribution < 1.29 is 31.3 Å². The summed E-state index contributed by atoms with van der Waals surface area (Å²) in [5.74, 6) is -0.874. The number of anilines is 2. The van der Waals surface area contributed by atoms with Crippen molar-refractivity contribution in [3.05, 3.63) is 63.7 Å². The molecule has 0 aliphatic carbocycles. The maximum atomic E-state index is 13.0. The number of amides is 1. The molecule has 0 fully saturated rings. The Kier molecular flexibility index (Phi) is 6.40. The number of nitro benzene ring substituents is 1. The minimum atomic E-state index is -4.70. The molecule has 0 heterocycles. The van der Waals surface area contributed by atoms with E-state index in [-0.39, 0.29) is 17.1 Å². The zero-order valence-corrected chi connectivity index (χ0v) is 16.9. The van der Waals surface area contributed by atoms with E-state index in [1.54, 1.807) is 6.92 Å². The van der Waals surface area contributed by atoms with E-state index >= 15 is 0 Å². The summed E-state index contributed by atoms with van der Waals surface area (Å²) in [5, 5.41) is 13.3. The average molecular weight is 445 g/mol. The molecule has 0 saturated heterocycles. The van der Waals surface area contributed by atoms with Crippen molar-refractivity contribution >= 4 is 33.0 Å². The number of nitrogens with zero attached hydrogens (tertiary/aromatic N) is 2. The smallest absolute Gasteiger partial charge is 0.324 e. The highest BCUT2D eigenvalue weighted by Gasteiger charge is 2.34. The van der Waals surface area contributed by atoms with E-state index in [9.17, 15) is 36.5 Å². The molecular weight excluding hydrogens is 427 g/mol. The van der Waals surface area contributed by atoms with Gasteiger partial charge in [0.1, 0.15) is 6.04 Å². The molecule has 0 aliphatic heterocycles. The lowest BCUT2D eigenvalue weighted by molar-refractivity contribution is -0.384. The van der Waals surface area contributed by atoms with Crippen LogP contribution in [-0.4, -0.2) is 31.5 Å². The summed E-state index contributed by atoms with van der Waals surface area (Å²) in [6.07, 6.45) is -3.94. The third-order valence-electron chi connectivity index (χ3n) is 4.21. The standard InChI is InChI=1S/C18H18F3N3O5S/c1-11-7-8-15(24(26)27)10-16(11)22-17(25)12(2)23(30(3,28)29)14-6-4-5-13(9-14)18(19,20)21/h4-10,12H,1-3H3,(H,22,25)/t12-/m0/s1. The minimum Gasteiger partial charge on any atom is -0.324 e. The number of hydrogen-bond donors (Lipinski definition) is 1. The number of hydrogen-bond acceptors (Lipinski definition) is 5. The molecule has 1 amide bonds. The molecule has 0 unspecified atom stereocenters. The SMILES string of the molecule is Cc1ccc([N+](=O)[O-])cc1NC(=O)[C@H](C)N(c1cccc(C(F)(F)F)c1)S(C)(=O)=O. The second kappa shape index (κ2) is 8.30. The topological polar surface area (TPSA) is 110 Å². The lowest BCUT2D eigenvalue weighted by atomic mass is 10.1. The largest absolute Gasteiger partial charge is 0.416 e. The van der Waals surface area contributed by atoms with Crippen LogP contribution < -0.4 is 9.62 Å². The normalized spacial score (nSPS) is 12.9. The lowest BCUT2D eigenvalue weighted by Crippen LogP contribution is -2.45. The van der Waals surface area contributed by atoms with Gasteiger partial charge in [-0.2, -0.15) is 13.2 Å². The molecule has 2 rings (SSSR count). The summed E-state index contributed by atoms with van der Waals surface area (Å²) in [6, 6.07) is 5.88. The molecule has 1 atom stereocenters. The molecule has 1 N–H and O–H groups in total. The predicted octanol–water partition coefficient (Wildman–Crippen LogP) is 3.72. The predicted molar refractivity (Wildman–Crippen MR) is 105 cm³/mol. The van der Waals surface area contributed by atoms with Crippen LogP contribution in [0, 0.1) is 17.0 Å². The zero-order chi connectivity index (χ0) is 22.9. The molecular formula is C18H18F3N3O5S. The van der Waals surface area contributed by atoms with Crippen LogP contribution in [0.1, 0.15) is 18.1 Å². The van der Waals surface area contributed by atoms with Gasteiger partial charge >= 0.3 is 6.18 Å². The van der Waals surface area contributed by atoms with Crippen LogP contribution in [0.4, 0.5) is 30.2 Å². The van der Waals surface area contributed by atoms with Gasteiger partial charge < -0.3 is 5.32 Å². The summed E-state index contributed by atoms with van der Waals surface area (Å²) in [5.41, 5.74) is -1.15. The van der Waals surface area contributed by atoms with E-state index in [1.807, 2.05) is 0 Å². The third kappa shape index (κ3) is 5.26. The van der Waals surface area contributed by atoms with Crippen LogP contribution in [0.25, 0.3) is 0 Å². The Morgan fingerprint density at radius 2 is 1.83 bits per heavy atom. The molecule has 0 bridgehead atoms. The van der Waals surface area contributed by atoms with Gasteiger partial charge in [-0.15, -0.1) is 0 Å². The fourth-order valence-corrected chi connectivity index (χ4v) is 3.89. The first-order valence-electron chi connectivity index (χ1n) is 8.44. The van der Waals surface area contributed by atoms with E-state index in [2.05, 4.69) is 5.32 Å². The van der Waals surface area contributed by atoms with Gasteiger partial charge in [0.05, 0.1) is 28.1 Å². The zero-order valence-electron chi connectivity index (χ0n) is 16.1. The van der Waals surface area contributed by atoms with E-state index < -0.39 is 38.6 Å². The Bertz CT molecular complexity index is 1090. The maximum Gasteiger partial charge on any atom is 0.416 e. The molecule has 162 valence electrons. The molecule has 12 heteroatoms. The van der Waals surface area contributed by atoms with Gasteiger partial charge in [-0.3, -0.25) is 19.2 Å². The van der Waals surface area contributed by atoms with E-state index in [0.717, 1.165) is 30.5 Å². The maximum absolute atomic E-state index is 13.0. The molecule has 2 aromatic carbocycles. The first kappa shape index (κ1) is 23.1. The van der Waals surface area contributed by atoms with E-state index in [0.29, 0.717) is 15.9 Å². The quantitative estimate of drug-likeness (QED) is 0.538. The number of benzene rings is 2. The Labute approximate surface area is 170 Å². The Balaban J connectivity index is 2.42. The number of nitro groups is 1. The molecule has 2 aromatic rings. The van der Waals surface area contributed by atoms with Gasteiger partial charge in [0.15, 0.2) is 0 Å². The van der Waals surface area contributed by atoms with Gasteiger partial charge in [-0.1, -0.05) is 12.1 Å². The molecule has 0 aliphatic rings. The van der Waals surface area contributed by atoms with Crippen molar-refractivity contribution in [2.45, 2.75) is 26.1 Å². The number of aryl methyl sites for hydroxylation is 1. The van der Waals surface area contributed by atoms with Crippen LogP contribution in [0.5, 0.6) is 0 Å². The minimum absolute atomic E-state index is 0.0820. The molecule has 8 nitrogen and oxygen atoms in total. The summed E-state index contributed by atoms with van der Waals surface area (Å²) in [7, 11) is -4.15. The number of non-ortho nitro benzene ring substituents is 1. The fraction of sp³-hybridized carbons (Fsp3) is 0.278. The molecule has 30 heavy (non-hydrogen) atoms. The van der Waals surface area contributed by atoms with Crippen LogP contribution in [0.2, 0.25) is 0 Å². The highest BCUT2D eigenvalue weighted by Crippen LogP contribution is 2.33. The van der Waals surface area contributed by atoms with Crippen molar-refractivity contribution in [2.75, 3.05) is 15.9 Å². The van der Waals surface area contributed by atoms with Crippen molar-refractivity contribution in [2.24, 2.45) is 0 Å². The lowest BCUT2D eigenvalue weighted by Gasteiger charge is -2.28. The first-order chi connectivity index (χ1) is 13.7. The van der Waals surface area contributed by atoms with Crippen LogP contribution >= 0.6 is 0 Å². The summed E-state index contributed by atoms with van der Waals surface area (Å²) >= 11 is 0. The molecule has 0 saturated carbocycles. The van der Waals surface area contributed by atoms with Crippen molar-refractivity contribution in [3.8, 4) is 0 Å². The Morgan fingerprint density at radius 3 is 2.37 bits per heavy atom. The fourth-order valence-electron chi connectivity index (χ4n) is 2.72. The Morgan fingerprint density at radius 1 is 1.20 bits per heavy atom. The number of sulfonamides is 1. The first-order valence-corrected chi connectivity index (χ1v) is 10.3. The van der Waals surface area contributed by atoms with E-state index in [1.165, 1.54) is 19.1 Å². The molecule has 0 radical (unpaired) electrons. The van der Waals surface area contributed by atoms with Gasteiger partial charge in [0.2, 0.25) is 15.9 Å². The van der Waals surface area contributed by atoms with Crippen molar-refractivity contribution in [1.29, 1.82) is 0 Å². The average Bonchev–Trinajstić information content (AvgIpc) is 2.61. The molecule has 0 spiro atoms. The number of nitrogens with one attached hydrogen (secondary N) is 1. The summed E-state index contributed by atoms with van der Waals surface area (Å²) < 4.78 is 64.2. The number of carbonyl (C=O) groups excluding carboxylic acids is 1. The second-order valence-electron chi connectivity index (χ2n) is 6.53. The van der Waals surface area contributed by atoms with Crippen molar-refractivity contribution in [1.82, 2.24) is 0 Å². The molecule has 0 aromatic heterocycles. The monoisotopic (exact) mass is 445 g/mol. The number of alkyl halides is 3. The van der Waals surface area contributed by atoms with Crippen LogP contribution in [0.15, 0.2) is 42.5 Å². The van der Waals surface area contributed by atoms with Crippen LogP contribution in [0.3, 0.4) is 0 Å². The summed E-state index contributed by atoms with van der Waals surface area (Å²) in [6.45, 7) is 2.77. The van der Waals surface area contributed by atoms with Crippen LogP contribution in [-0.2, 0) is 21.0 Å². The number of rotatable bonds is 6. The van der Waals surface area contributed by atoms with Gasteiger partial charge in [0, 0.05) is 12.1 Å². The number of halogens is 3. The van der Waals surface area contributed by atoms with Crippen molar-refractivity contribution in [3.63, 3.8) is 0 Å². The number of carbonyl (C=O) groups is 1. The Hall–Kier alpha value is -3.15. The highest BCUT2D eigenvalue weighted by atomic mass is 32.2. The summed E-state index contributed by atoms with van der Waals surface area (Å²) in [4.78, 5) is 23.0.